The van der Waals surface area contributed by atoms with Gasteiger partial charge in [0, 0.05) is 11.3 Å². The maximum atomic E-state index is 13.4. The highest BCUT2D eigenvalue weighted by Crippen LogP contribution is 2.34. The first kappa shape index (κ1) is 25.3. The Morgan fingerprint density at radius 3 is 2.50 bits per heavy atom. The molecule has 0 radical (unpaired) electrons. The normalized spacial score (nSPS) is 11.5. The summed E-state index contributed by atoms with van der Waals surface area (Å²) >= 11 is 1.17. The van der Waals surface area contributed by atoms with Crippen molar-refractivity contribution < 1.29 is 22.4 Å². The van der Waals surface area contributed by atoms with E-state index in [4.69, 9.17) is 4.42 Å². The first-order valence-corrected chi connectivity index (χ1v) is 12.4. The van der Waals surface area contributed by atoms with Crippen LogP contribution in [0.4, 0.5) is 18.9 Å². The Bertz CT molecular complexity index is 1560. The van der Waals surface area contributed by atoms with Gasteiger partial charge in [0.15, 0.2) is 16.7 Å². The Balaban J connectivity index is 1.39. The smallest absolute Gasteiger partial charge is 0.416 e. The Morgan fingerprint density at radius 1 is 1.00 bits per heavy atom. The Morgan fingerprint density at radius 2 is 1.76 bits per heavy atom. The van der Waals surface area contributed by atoms with Crippen molar-refractivity contribution in [1.29, 1.82) is 0 Å². The third kappa shape index (κ3) is 5.62. The summed E-state index contributed by atoms with van der Waals surface area (Å²) in [6, 6.07) is 21.4. The Hall–Kier alpha value is -4.38. The number of rotatable bonds is 7. The zero-order valence-electron chi connectivity index (χ0n) is 19.9. The summed E-state index contributed by atoms with van der Waals surface area (Å²) < 4.78 is 47.3. The minimum atomic E-state index is -4.50. The van der Waals surface area contributed by atoms with Crippen LogP contribution in [0.15, 0.2) is 94.7 Å². The number of carbonyl (C=O) groups excluding carboxylic acids is 1. The second-order valence-corrected chi connectivity index (χ2v) is 9.23. The SMILES string of the molecule is Cc1ccc(NC(=O)c2coc(CSc3nnc(-c4ccccc4)n3-c3cccc(C(F)(F)F)c3)n2)cc1. The number of thioether (sulfide) groups is 1. The predicted molar refractivity (Wildman–Crippen MR) is 137 cm³/mol. The van der Waals surface area contributed by atoms with E-state index in [1.54, 1.807) is 34.9 Å². The number of nitrogens with zero attached hydrogens (tertiary/aromatic N) is 4. The van der Waals surface area contributed by atoms with Crippen molar-refractivity contribution in [2.75, 3.05) is 5.32 Å². The molecule has 0 bridgehead atoms. The van der Waals surface area contributed by atoms with E-state index in [9.17, 15) is 18.0 Å². The van der Waals surface area contributed by atoms with Crippen LogP contribution in [0.2, 0.25) is 0 Å². The third-order valence-electron chi connectivity index (χ3n) is 5.52. The van der Waals surface area contributed by atoms with Crippen molar-refractivity contribution in [3.05, 3.63) is 108 Å². The molecule has 0 aliphatic rings. The monoisotopic (exact) mass is 535 g/mol. The molecule has 192 valence electrons. The van der Waals surface area contributed by atoms with Gasteiger partial charge in [-0.15, -0.1) is 10.2 Å². The van der Waals surface area contributed by atoms with Crippen LogP contribution in [-0.2, 0) is 11.9 Å². The van der Waals surface area contributed by atoms with Gasteiger partial charge in [0.25, 0.3) is 5.91 Å². The van der Waals surface area contributed by atoms with Crippen LogP contribution in [0.5, 0.6) is 0 Å². The summed E-state index contributed by atoms with van der Waals surface area (Å²) in [4.78, 5) is 16.8. The summed E-state index contributed by atoms with van der Waals surface area (Å²) in [5.74, 6) is 0.387. The number of aromatic nitrogens is 4. The van der Waals surface area contributed by atoms with E-state index in [-0.39, 0.29) is 23.0 Å². The highest BCUT2D eigenvalue weighted by Gasteiger charge is 2.31. The van der Waals surface area contributed by atoms with E-state index >= 15 is 0 Å². The van der Waals surface area contributed by atoms with Crippen LogP contribution in [-0.4, -0.2) is 25.7 Å². The van der Waals surface area contributed by atoms with Gasteiger partial charge in [0.2, 0.25) is 5.89 Å². The molecule has 0 spiro atoms. The molecule has 0 atom stereocenters. The van der Waals surface area contributed by atoms with Gasteiger partial charge in [-0.25, -0.2) is 4.98 Å². The summed E-state index contributed by atoms with van der Waals surface area (Å²) in [5.41, 5.74) is 1.97. The number of benzene rings is 3. The van der Waals surface area contributed by atoms with E-state index in [1.807, 2.05) is 37.3 Å². The zero-order valence-corrected chi connectivity index (χ0v) is 20.8. The van der Waals surface area contributed by atoms with Gasteiger partial charge in [-0.2, -0.15) is 13.2 Å². The summed E-state index contributed by atoms with van der Waals surface area (Å²) in [5, 5.41) is 11.6. The fourth-order valence-corrected chi connectivity index (χ4v) is 4.44. The molecule has 0 unspecified atom stereocenters. The number of oxazole rings is 1. The highest BCUT2D eigenvalue weighted by molar-refractivity contribution is 7.98. The van der Waals surface area contributed by atoms with Gasteiger partial charge >= 0.3 is 6.18 Å². The first-order valence-electron chi connectivity index (χ1n) is 11.4. The summed E-state index contributed by atoms with van der Waals surface area (Å²) in [6.07, 6.45) is -3.25. The van der Waals surface area contributed by atoms with Crippen molar-refractivity contribution in [1.82, 2.24) is 19.7 Å². The maximum absolute atomic E-state index is 13.4. The largest absolute Gasteiger partial charge is 0.447 e. The highest BCUT2D eigenvalue weighted by atomic mass is 32.2. The molecule has 0 saturated heterocycles. The van der Waals surface area contributed by atoms with Gasteiger partial charge in [-0.3, -0.25) is 9.36 Å². The van der Waals surface area contributed by atoms with Crippen LogP contribution in [0.1, 0.15) is 27.5 Å². The molecule has 7 nitrogen and oxygen atoms in total. The minimum absolute atomic E-state index is 0.102. The van der Waals surface area contributed by atoms with Gasteiger partial charge in [0.1, 0.15) is 6.26 Å². The molecule has 38 heavy (non-hydrogen) atoms. The van der Waals surface area contributed by atoms with Gasteiger partial charge in [-0.05, 0) is 37.3 Å². The topological polar surface area (TPSA) is 85.8 Å². The van der Waals surface area contributed by atoms with E-state index in [0.717, 1.165) is 17.7 Å². The van der Waals surface area contributed by atoms with Crippen molar-refractivity contribution in [2.24, 2.45) is 0 Å². The van der Waals surface area contributed by atoms with Gasteiger partial charge in [0.05, 0.1) is 17.0 Å². The van der Waals surface area contributed by atoms with Crippen LogP contribution in [0.25, 0.3) is 17.1 Å². The van der Waals surface area contributed by atoms with Crippen LogP contribution < -0.4 is 5.32 Å². The first-order chi connectivity index (χ1) is 18.3. The number of carbonyl (C=O) groups is 1. The summed E-state index contributed by atoms with van der Waals surface area (Å²) in [7, 11) is 0. The molecule has 2 heterocycles. The van der Waals surface area contributed by atoms with Crippen molar-refractivity contribution in [3.8, 4) is 17.1 Å². The lowest BCUT2D eigenvalue weighted by Crippen LogP contribution is -2.12. The van der Waals surface area contributed by atoms with Crippen molar-refractivity contribution >= 4 is 23.4 Å². The second kappa shape index (κ2) is 10.5. The number of nitrogens with one attached hydrogen (secondary N) is 1. The molecule has 0 aliphatic carbocycles. The predicted octanol–water partition coefficient (Wildman–Crippen LogP) is 6.79. The van der Waals surface area contributed by atoms with Gasteiger partial charge < -0.3 is 9.73 Å². The molecular weight excluding hydrogens is 515 g/mol. The maximum Gasteiger partial charge on any atom is 0.416 e. The molecule has 0 saturated carbocycles. The molecule has 1 amide bonds. The number of aryl methyl sites for hydroxylation is 1. The molecule has 1 N–H and O–H groups in total. The van der Waals surface area contributed by atoms with Crippen molar-refractivity contribution in [3.63, 3.8) is 0 Å². The van der Waals surface area contributed by atoms with E-state index in [0.29, 0.717) is 22.2 Å². The molecule has 11 heteroatoms. The lowest BCUT2D eigenvalue weighted by Gasteiger charge is -2.13. The second-order valence-electron chi connectivity index (χ2n) is 8.29. The zero-order chi connectivity index (χ0) is 26.7. The number of amides is 1. The molecule has 5 aromatic rings. The van der Waals surface area contributed by atoms with Crippen molar-refractivity contribution in [2.45, 2.75) is 24.0 Å². The average Bonchev–Trinajstić information content (AvgIpc) is 3.56. The van der Waals surface area contributed by atoms with E-state index in [2.05, 4.69) is 20.5 Å². The molecule has 3 aromatic carbocycles. The van der Waals surface area contributed by atoms with Crippen LogP contribution in [0, 0.1) is 6.92 Å². The number of alkyl halides is 3. The Labute approximate surface area is 219 Å². The van der Waals surface area contributed by atoms with Crippen LogP contribution >= 0.6 is 11.8 Å². The fourth-order valence-electron chi connectivity index (χ4n) is 3.63. The molecule has 0 fully saturated rings. The molecule has 0 aliphatic heterocycles. The Kier molecular flexibility index (Phi) is 7.01. The molecular formula is C27H20F3N5O2S. The number of hydrogen-bond acceptors (Lipinski definition) is 6. The molecule has 5 rings (SSSR count). The number of anilines is 1. The lowest BCUT2D eigenvalue weighted by atomic mass is 10.1. The van der Waals surface area contributed by atoms with Gasteiger partial charge in [-0.1, -0.05) is 65.9 Å². The number of halogens is 3. The van der Waals surface area contributed by atoms with Crippen LogP contribution in [0.3, 0.4) is 0 Å². The quantitative estimate of drug-likeness (QED) is 0.231. The molecule has 2 aromatic heterocycles. The fraction of sp³-hybridized carbons (Fsp3) is 0.111. The summed E-state index contributed by atoms with van der Waals surface area (Å²) in [6.45, 7) is 1.95. The standard InChI is InChI=1S/C27H20F3N5O2S/c1-17-10-12-20(13-11-17)31-25(36)22-15-37-23(32-22)16-38-26-34-33-24(18-6-3-2-4-7-18)35(26)21-9-5-8-19(14-21)27(28,29)30/h2-15H,16H2,1H3,(H,31,36). The third-order valence-corrected chi connectivity index (χ3v) is 6.43. The van der Waals surface area contributed by atoms with E-state index in [1.165, 1.54) is 24.1 Å². The minimum Gasteiger partial charge on any atom is -0.447 e. The average molecular weight is 536 g/mol. The number of hydrogen-bond donors (Lipinski definition) is 1. The lowest BCUT2D eigenvalue weighted by molar-refractivity contribution is -0.137. The van der Waals surface area contributed by atoms with E-state index < -0.39 is 17.6 Å².